The normalized spacial score (nSPS) is 22.7. The molecular formula is C23H25F3N2O. The van der Waals surface area contributed by atoms with Crippen molar-refractivity contribution in [2.75, 3.05) is 13.1 Å². The maximum Gasteiger partial charge on any atom is 0.416 e. The summed E-state index contributed by atoms with van der Waals surface area (Å²) in [4.78, 5) is 15.6. The third-order valence-electron chi connectivity index (χ3n) is 6.08. The number of hydrogen-bond donors (Lipinski definition) is 1. The molecule has 1 saturated carbocycles. The van der Waals surface area contributed by atoms with Gasteiger partial charge in [-0.2, -0.15) is 13.2 Å². The van der Waals surface area contributed by atoms with Crippen molar-refractivity contribution in [1.29, 1.82) is 0 Å². The van der Waals surface area contributed by atoms with Crippen LogP contribution >= 0.6 is 0 Å². The first-order valence-electron chi connectivity index (χ1n) is 10.2. The van der Waals surface area contributed by atoms with E-state index in [4.69, 9.17) is 0 Å². The first kappa shape index (κ1) is 20.0. The molecule has 0 bridgehead atoms. The largest absolute Gasteiger partial charge is 0.416 e. The van der Waals surface area contributed by atoms with E-state index in [-0.39, 0.29) is 17.5 Å². The molecule has 2 aromatic carbocycles. The predicted molar refractivity (Wildman–Crippen MR) is 107 cm³/mol. The zero-order chi connectivity index (χ0) is 20.4. The van der Waals surface area contributed by atoms with Crippen LogP contribution in [0.2, 0.25) is 0 Å². The summed E-state index contributed by atoms with van der Waals surface area (Å²) in [5.41, 5.74) is 0.458. The fraction of sp³-hybridized carbons (Fsp3) is 0.435. The lowest BCUT2D eigenvalue weighted by Gasteiger charge is -2.30. The molecule has 2 unspecified atom stereocenters. The van der Waals surface area contributed by atoms with Crippen LogP contribution in [0.1, 0.15) is 48.0 Å². The summed E-state index contributed by atoms with van der Waals surface area (Å²) in [5, 5.41) is 3.13. The Bertz CT molecular complexity index is 860. The molecule has 2 aliphatic rings. The summed E-state index contributed by atoms with van der Waals surface area (Å²) in [6, 6.07) is 12.5. The van der Waals surface area contributed by atoms with Gasteiger partial charge in [-0.3, -0.25) is 9.69 Å². The summed E-state index contributed by atoms with van der Waals surface area (Å²) in [6.07, 6.45) is 0.954. The Morgan fingerprint density at radius 1 is 0.966 bits per heavy atom. The first-order valence-corrected chi connectivity index (χ1v) is 10.2. The maximum atomic E-state index is 13.3. The van der Waals surface area contributed by atoms with Crippen LogP contribution in [0.15, 0.2) is 48.5 Å². The lowest BCUT2D eigenvalue weighted by Crippen LogP contribution is -2.47. The summed E-state index contributed by atoms with van der Waals surface area (Å²) in [7, 11) is 0. The number of halogens is 3. The van der Waals surface area contributed by atoms with Crippen molar-refractivity contribution in [2.45, 2.75) is 50.4 Å². The van der Waals surface area contributed by atoms with Gasteiger partial charge >= 0.3 is 6.18 Å². The lowest BCUT2D eigenvalue weighted by atomic mass is 9.96. The third-order valence-corrected chi connectivity index (χ3v) is 6.08. The fourth-order valence-corrected chi connectivity index (χ4v) is 4.64. The van der Waals surface area contributed by atoms with E-state index in [2.05, 4.69) is 10.2 Å². The van der Waals surface area contributed by atoms with Gasteiger partial charge in [0.2, 0.25) is 0 Å². The number of likely N-dealkylation sites (tertiary alicyclic amines) is 1. The van der Waals surface area contributed by atoms with Gasteiger partial charge in [0, 0.05) is 17.6 Å². The second-order valence-electron chi connectivity index (χ2n) is 7.95. The Hall–Kier alpha value is -2.34. The highest BCUT2D eigenvalue weighted by Crippen LogP contribution is 2.34. The Balaban J connectivity index is 1.62. The van der Waals surface area contributed by atoms with Gasteiger partial charge in [-0.1, -0.05) is 30.3 Å². The molecule has 3 nitrogen and oxygen atoms in total. The molecule has 0 aromatic heterocycles. The van der Waals surface area contributed by atoms with Crippen LogP contribution < -0.4 is 5.32 Å². The average Bonchev–Trinajstić information content (AvgIpc) is 3.39. The van der Waals surface area contributed by atoms with E-state index in [0.29, 0.717) is 17.2 Å². The van der Waals surface area contributed by atoms with Gasteiger partial charge in [0.1, 0.15) is 0 Å². The molecule has 0 radical (unpaired) electrons. The predicted octanol–water partition coefficient (Wildman–Crippen LogP) is 5.12. The van der Waals surface area contributed by atoms with Gasteiger partial charge in [-0.05, 0) is 74.5 Å². The topological polar surface area (TPSA) is 32.3 Å². The van der Waals surface area contributed by atoms with E-state index in [9.17, 15) is 18.0 Å². The first-order chi connectivity index (χ1) is 13.9. The van der Waals surface area contributed by atoms with Crippen molar-refractivity contribution < 1.29 is 18.0 Å². The number of carbonyl (C=O) groups is 1. The zero-order valence-corrected chi connectivity index (χ0v) is 16.2. The molecule has 1 aliphatic heterocycles. The Labute approximate surface area is 168 Å². The van der Waals surface area contributed by atoms with Crippen LogP contribution in [0, 0.1) is 0 Å². The number of amides is 1. The summed E-state index contributed by atoms with van der Waals surface area (Å²) in [6.45, 7) is 2.12. The van der Waals surface area contributed by atoms with Crippen LogP contribution in [0.25, 0.3) is 11.1 Å². The number of hydrogen-bond acceptors (Lipinski definition) is 2. The number of benzene rings is 2. The van der Waals surface area contributed by atoms with Crippen LogP contribution in [0.3, 0.4) is 0 Å². The van der Waals surface area contributed by atoms with Gasteiger partial charge in [0.05, 0.1) is 5.56 Å². The van der Waals surface area contributed by atoms with Crippen LogP contribution in [0.5, 0.6) is 0 Å². The SMILES string of the molecule is O=C(NC1CCCC1N1CCCC1)c1ccc(C(F)(F)F)cc1-c1ccccc1. The highest BCUT2D eigenvalue weighted by atomic mass is 19.4. The minimum absolute atomic E-state index is 0.0477. The van der Waals surface area contributed by atoms with Gasteiger partial charge in [-0.25, -0.2) is 0 Å². The number of rotatable bonds is 4. The molecule has 1 aliphatic carbocycles. The van der Waals surface area contributed by atoms with Gasteiger partial charge in [0.25, 0.3) is 5.91 Å². The number of nitrogens with zero attached hydrogens (tertiary/aromatic N) is 1. The van der Waals surface area contributed by atoms with Gasteiger partial charge in [0.15, 0.2) is 0 Å². The molecule has 1 amide bonds. The quantitative estimate of drug-likeness (QED) is 0.770. The molecule has 6 heteroatoms. The Kier molecular flexibility index (Phi) is 5.63. The summed E-state index contributed by atoms with van der Waals surface area (Å²) < 4.78 is 39.8. The smallest absolute Gasteiger partial charge is 0.348 e. The van der Waals surface area contributed by atoms with Crippen LogP contribution in [-0.2, 0) is 6.18 Å². The number of alkyl halides is 3. The van der Waals surface area contributed by atoms with E-state index < -0.39 is 11.7 Å². The number of carbonyl (C=O) groups excluding carboxylic acids is 1. The average molecular weight is 402 g/mol. The molecular weight excluding hydrogens is 377 g/mol. The van der Waals surface area contributed by atoms with E-state index >= 15 is 0 Å². The molecule has 29 heavy (non-hydrogen) atoms. The maximum absolute atomic E-state index is 13.3. The van der Waals surface area contributed by atoms with Gasteiger partial charge < -0.3 is 5.32 Å². The van der Waals surface area contributed by atoms with E-state index in [1.54, 1.807) is 30.3 Å². The molecule has 1 heterocycles. The lowest BCUT2D eigenvalue weighted by molar-refractivity contribution is -0.137. The van der Waals surface area contributed by atoms with Gasteiger partial charge in [-0.15, -0.1) is 0 Å². The standard InChI is InChI=1S/C23H25F3N2O/c24-23(25,26)17-11-12-18(19(15-17)16-7-2-1-3-8-16)22(29)27-20-9-6-10-21(20)28-13-4-5-14-28/h1-3,7-8,11-12,15,20-21H,4-6,9-10,13-14H2,(H,27,29). The fourth-order valence-electron chi connectivity index (χ4n) is 4.64. The van der Waals surface area contributed by atoms with Crippen molar-refractivity contribution in [3.05, 3.63) is 59.7 Å². The van der Waals surface area contributed by atoms with Crippen molar-refractivity contribution >= 4 is 5.91 Å². The Morgan fingerprint density at radius 2 is 1.69 bits per heavy atom. The van der Waals surface area contributed by atoms with E-state index in [1.807, 2.05) is 0 Å². The third kappa shape index (κ3) is 4.32. The van der Waals surface area contributed by atoms with Crippen LogP contribution in [0.4, 0.5) is 13.2 Å². The molecule has 2 fully saturated rings. The highest BCUT2D eigenvalue weighted by molar-refractivity contribution is 6.01. The van der Waals surface area contributed by atoms with E-state index in [0.717, 1.165) is 44.5 Å². The molecule has 154 valence electrons. The molecule has 1 N–H and O–H groups in total. The highest BCUT2D eigenvalue weighted by Gasteiger charge is 2.35. The monoisotopic (exact) mass is 402 g/mol. The molecule has 2 aromatic rings. The summed E-state index contributed by atoms with van der Waals surface area (Å²) >= 11 is 0. The molecule has 4 rings (SSSR count). The van der Waals surface area contributed by atoms with Crippen molar-refractivity contribution in [1.82, 2.24) is 10.2 Å². The van der Waals surface area contributed by atoms with Crippen LogP contribution in [-0.4, -0.2) is 36.0 Å². The van der Waals surface area contributed by atoms with Crippen molar-refractivity contribution in [2.24, 2.45) is 0 Å². The van der Waals surface area contributed by atoms with E-state index in [1.165, 1.54) is 18.9 Å². The minimum Gasteiger partial charge on any atom is -0.348 e. The second kappa shape index (κ2) is 8.19. The molecule has 2 atom stereocenters. The second-order valence-corrected chi connectivity index (χ2v) is 7.95. The number of nitrogens with one attached hydrogen (secondary N) is 1. The molecule has 0 spiro atoms. The zero-order valence-electron chi connectivity index (χ0n) is 16.2. The minimum atomic E-state index is -4.45. The Morgan fingerprint density at radius 3 is 2.38 bits per heavy atom. The van der Waals surface area contributed by atoms with Crippen molar-refractivity contribution in [3.8, 4) is 11.1 Å². The molecule has 1 saturated heterocycles. The van der Waals surface area contributed by atoms with Crippen molar-refractivity contribution in [3.63, 3.8) is 0 Å². The summed E-state index contributed by atoms with van der Waals surface area (Å²) in [5.74, 6) is -0.298.